The average Bonchev–Trinajstić information content (AvgIpc) is 3.12. The number of hydrogen-bond donors (Lipinski definition) is 1. The Kier molecular flexibility index (Phi) is 3.83. The van der Waals surface area contributed by atoms with E-state index in [1.54, 1.807) is 12.1 Å². The summed E-state index contributed by atoms with van der Waals surface area (Å²) in [6, 6.07) is 5.63. The zero-order valence-electron chi connectivity index (χ0n) is 12.2. The van der Waals surface area contributed by atoms with Gasteiger partial charge in [0.2, 0.25) is 0 Å². The minimum atomic E-state index is -0.255. The first-order valence-corrected chi connectivity index (χ1v) is 7.17. The Morgan fingerprint density at radius 1 is 1.38 bits per heavy atom. The normalized spacial score (nSPS) is 19.3. The van der Waals surface area contributed by atoms with Crippen LogP contribution < -0.4 is 5.32 Å². The maximum Gasteiger partial charge on any atom is 0.146 e. The summed E-state index contributed by atoms with van der Waals surface area (Å²) in [7, 11) is 0. The predicted molar refractivity (Wildman–Crippen MR) is 77.8 cm³/mol. The number of nitrogens with zero attached hydrogens (tertiary/aromatic N) is 5. The van der Waals surface area contributed by atoms with Crippen LogP contribution >= 0.6 is 0 Å². The van der Waals surface area contributed by atoms with Crippen molar-refractivity contribution < 1.29 is 4.39 Å². The van der Waals surface area contributed by atoms with E-state index in [0.29, 0.717) is 11.7 Å². The topological polar surface area (TPSA) is 58.9 Å². The summed E-state index contributed by atoms with van der Waals surface area (Å²) in [5, 5.41) is 14.3. The Morgan fingerprint density at radius 3 is 2.90 bits per heavy atom. The van der Waals surface area contributed by atoms with Crippen molar-refractivity contribution in [2.24, 2.45) is 0 Å². The van der Waals surface area contributed by atoms with Gasteiger partial charge in [-0.3, -0.25) is 4.90 Å². The maximum absolute atomic E-state index is 14.0. The van der Waals surface area contributed by atoms with Crippen molar-refractivity contribution >= 4 is 5.69 Å². The lowest BCUT2D eigenvalue weighted by Crippen LogP contribution is -2.31. The van der Waals surface area contributed by atoms with Crippen LogP contribution in [-0.2, 0) is 0 Å². The highest BCUT2D eigenvalue weighted by atomic mass is 19.1. The van der Waals surface area contributed by atoms with Gasteiger partial charge in [-0.05, 0) is 48.9 Å². The summed E-state index contributed by atoms with van der Waals surface area (Å²) in [5.74, 6) is -0.255. The molecule has 0 spiro atoms. The van der Waals surface area contributed by atoms with Gasteiger partial charge in [-0.15, -0.1) is 5.10 Å². The highest BCUT2D eigenvalue weighted by molar-refractivity contribution is 5.52. The van der Waals surface area contributed by atoms with Gasteiger partial charge in [-0.1, -0.05) is 0 Å². The molecule has 2 aromatic rings. The Bertz CT molecular complexity index is 598. The number of tetrazole rings is 1. The predicted octanol–water partition coefficient (Wildman–Crippen LogP) is 1.70. The van der Waals surface area contributed by atoms with E-state index in [0.717, 1.165) is 25.2 Å². The third kappa shape index (κ3) is 3.02. The molecule has 0 saturated carbocycles. The largest absolute Gasteiger partial charge is 0.379 e. The van der Waals surface area contributed by atoms with Gasteiger partial charge in [-0.2, -0.15) is 0 Å². The number of likely N-dealkylation sites (tertiary alicyclic amines) is 1. The number of anilines is 1. The summed E-state index contributed by atoms with van der Waals surface area (Å²) in [5.41, 5.74) is 1.24. The summed E-state index contributed by atoms with van der Waals surface area (Å²) in [6.07, 6.45) is 2.51. The van der Waals surface area contributed by atoms with E-state index in [9.17, 15) is 4.39 Å². The minimum absolute atomic E-state index is 0.255. The lowest BCUT2D eigenvalue weighted by Gasteiger charge is -2.21. The molecule has 3 rings (SSSR count). The molecule has 2 heterocycles. The second kappa shape index (κ2) is 5.77. The Morgan fingerprint density at radius 2 is 2.24 bits per heavy atom. The zero-order chi connectivity index (χ0) is 14.8. The molecule has 0 aliphatic carbocycles. The molecule has 1 unspecified atom stereocenters. The molecule has 1 aliphatic rings. The van der Waals surface area contributed by atoms with Crippen molar-refractivity contribution in [1.82, 2.24) is 25.1 Å². The minimum Gasteiger partial charge on any atom is -0.379 e. The number of benzene rings is 1. The van der Waals surface area contributed by atoms with Crippen molar-refractivity contribution in [2.45, 2.75) is 32.4 Å². The van der Waals surface area contributed by atoms with Crippen LogP contribution in [0.5, 0.6) is 0 Å². The monoisotopic (exact) mass is 290 g/mol. The van der Waals surface area contributed by atoms with Crippen LogP contribution in [0.2, 0.25) is 0 Å². The third-order valence-electron chi connectivity index (χ3n) is 3.87. The van der Waals surface area contributed by atoms with Crippen molar-refractivity contribution in [1.29, 1.82) is 0 Å². The van der Waals surface area contributed by atoms with E-state index < -0.39 is 0 Å². The molecule has 21 heavy (non-hydrogen) atoms. The van der Waals surface area contributed by atoms with Crippen molar-refractivity contribution in [3.63, 3.8) is 0 Å². The van der Waals surface area contributed by atoms with Crippen LogP contribution in [0.25, 0.3) is 5.69 Å². The van der Waals surface area contributed by atoms with E-state index >= 15 is 0 Å². The van der Waals surface area contributed by atoms with E-state index in [2.05, 4.69) is 39.6 Å². The Labute approximate surface area is 122 Å². The van der Waals surface area contributed by atoms with Gasteiger partial charge in [0, 0.05) is 25.2 Å². The summed E-state index contributed by atoms with van der Waals surface area (Å²) >= 11 is 0. The summed E-state index contributed by atoms with van der Waals surface area (Å²) < 4.78 is 15.5. The first-order valence-electron chi connectivity index (χ1n) is 7.17. The third-order valence-corrected chi connectivity index (χ3v) is 3.87. The van der Waals surface area contributed by atoms with Crippen molar-refractivity contribution in [3.8, 4) is 5.69 Å². The van der Waals surface area contributed by atoms with Gasteiger partial charge in [0.05, 0.1) is 11.4 Å². The quantitative estimate of drug-likeness (QED) is 0.928. The molecule has 1 aromatic carbocycles. The molecule has 1 atom stereocenters. The highest BCUT2D eigenvalue weighted by Crippen LogP contribution is 2.22. The van der Waals surface area contributed by atoms with Crippen molar-refractivity contribution in [3.05, 3.63) is 30.3 Å². The van der Waals surface area contributed by atoms with Crippen LogP contribution in [-0.4, -0.2) is 50.3 Å². The molecule has 6 nitrogen and oxygen atoms in total. The fourth-order valence-electron chi connectivity index (χ4n) is 2.64. The maximum atomic E-state index is 14.0. The molecule has 1 saturated heterocycles. The molecule has 1 fully saturated rings. The second-order valence-corrected chi connectivity index (χ2v) is 5.64. The van der Waals surface area contributed by atoms with E-state index in [-0.39, 0.29) is 11.9 Å². The average molecular weight is 290 g/mol. The smallest absolute Gasteiger partial charge is 0.146 e. The molecule has 112 valence electrons. The number of hydrogen-bond acceptors (Lipinski definition) is 5. The summed E-state index contributed by atoms with van der Waals surface area (Å²) in [4.78, 5) is 2.39. The van der Waals surface area contributed by atoms with Crippen LogP contribution in [0.15, 0.2) is 24.5 Å². The Hall–Kier alpha value is -2.02. The first kappa shape index (κ1) is 13.9. The molecule has 0 amide bonds. The van der Waals surface area contributed by atoms with Crippen LogP contribution in [0.3, 0.4) is 0 Å². The van der Waals surface area contributed by atoms with E-state index in [1.807, 2.05) is 0 Å². The van der Waals surface area contributed by atoms with Crippen LogP contribution in [0, 0.1) is 5.82 Å². The molecule has 1 aliphatic heterocycles. The van der Waals surface area contributed by atoms with Gasteiger partial charge in [0.15, 0.2) is 0 Å². The molecular formula is C14H19FN6. The fourth-order valence-corrected chi connectivity index (χ4v) is 2.64. The van der Waals surface area contributed by atoms with Gasteiger partial charge in [0.1, 0.15) is 12.1 Å². The first-order chi connectivity index (χ1) is 10.1. The second-order valence-electron chi connectivity index (χ2n) is 5.64. The van der Waals surface area contributed by atoms with Gasteiger partial charge < -0.3 is 5.32 Å². The molecule has 1 aromatic heterocycles. The number of nitrogens with one attached hydrogen (secondary N) is 1. The molecule has 0 radical (unpaired) electrons. The fraction of sp³-hybridized carbons (Fsp3) is 0.500. The number of aromatic nitrogens is 4. The summed E-state index contributed by atoms with van der Waals surface area (Å²) in [6.45, 7) is 6.35. The van der Waals surface area contributed by atoms with E-state index in [1.165, 1.54) is 17.1 Å². The number of rotatable bonds is 4. The van der Waals surface area contributed by atoms with Gasteiger partial charge >= 0.3 is 0 Å². The van der Waals surface area contributed by atoms with Crippen LogP contribution in [0.1, 0.15) is 20.3 Å². The van der Waals surface area contributed by atoms with Crippen molar-refractivity contribution in [2.75, 3.05) is 18.4 Å². The lowest BCUT2D eigenvalue weighted by atomic mass is 10.2. The SMILES string of the molecule is CC(C)N1CCC(Nc2cc(-n3cnnn3)ccc2F)C1. The molecule has 0 bridgehead atoms. The molecular weight excluding hydrogens is 271 g/mol. The zero-order valence-corrected chi connectivity index (χ0v) is 12.2. The lowest BCUT2D eigenvalue weighted by molar-refractivity contribution is 0.274. The van der Waals surface area contributed by atoms with Gasteiger partial charge in [0.25, 0.3) is 0 Å². The van der Waals surface area contributed by atoms with Crippen LogP contribution in [0.4, 0.5) is 10.1 Å². The van der Waals surface area contributed by atoms with E-state index in [4.69, 9.17) is 0 Å². The standard InChI is InChI=1S/C14H19FN6/c1-10(2)20-6-5-11(8-20)17-14-7-12(3-4-13(14)15)21-9-16-18-19-21/h3-4,7,9-11,17H,5-6,8H2,1-2H3. The Balaban J connectivity index is 1.75. The van der Waals surface area contributed by atoms with Gasteiger partial charge in [-0.25, -0.2) is 9.07 Å². The number of halogens is 1. The molecule has 1 N–H and O–H groups in total. The highest BCUT2D eigenvalue weighted by Gasteiger charge is 2.24. The molecule has 7 heteroatoms.